The lowest BCUT2D eigenvalue weighted by Gasteiger charge is -2.42. The molecular weight excluding hydrogens is 282 g/mol. The molecule has 0 spiro atoms. The van der Waals surface area contributed by atoms with Gasteiger partial charge < -0.3 is 15.0 Å². The van der Waals surface area contributed by atoms with Crippen LogP contribution in [0.15, 0.2) is 5.38 Å². The quantitative estimate of drug-likeness (QED) is 0.786. The second-order valence-electron chi connectivity index (χ2n) is 6.49. The van der Waals surface area contributed by atoms with Gasteiger partial charge in [-0.25, -0.2) is 4.98 Å². The Kier molecular flexibility index (Phi) is 6.17. The van der Waals surface area contributed by atoms with Crippen molar-refractivity contribution in [2.45, 2.75) is 39.2 Å². The number of likely N-dealkylation sites (tertiary alicyclic amines) is 1. The molecule has 2 rings (SSSR count). The summed E-state index contributed by atoms with van der Waals surface area (Å²) in [5, 5.41) is 7.15. The van der Waals surface area contributed by atoms with Gasteiger partial charge in [-0.2, -0.15) is 0 Å². The van der Waals surface area contributed by atoms with Crippen LogP contribution in [0, 0.1) is 12.8 Å². The van der Waals surface area contributed by atoms with Gasteiger partial charge in [0.15, 0.2) is 0 Å². The van der Waals surface area contributed by atoms with Gasteiger partial charge in [-0.15, -0.1) is 11.3 Å². The fraction of sp³-hybridized carbons (Fsp3) is 0.812. The minimum atomic E-state index is 0.0466. The molecule has 1 fully saturated rings. The van der Waals surface area contributed by atoms with Crippen molar-refractivity contribution in [2.75, 3.05) is 39.9 Å². The first-order chi connectivity index (χ1) is 10.1. The van der Waals surface area contributed by atoms with E-state index in [1.165, 1.54) is 11.6 Å². The van der Waals surface area contributed by atoms with Crippen LogP contribution in [-0.4, -0.2) is 49.8 Å². The summed E-state index contributed by atoms with van der Waals surface area (Å²) in [6, 6.07) is 0. The van der Waals surface area contributed by atoms with Crippen LogP contribution in [0.4, 0.5) is 0 Å². The molecular formula is C16H29N3OS. The molecule has 1 aliphatic heterocycles. The predicted octanol–water partition coefficient (Wildman–Crippen LogP) is 2.63. The largest absolute Gasteiger partial charge is 0.383 e. The normalized spacial score (nSPS) is 19.3. The van der Waals surface area contributed by atoms with Gasteiger partial charge in [-0.05, 0) is 25.7 Å². The van der Waals surface area contributed by atoms with Crippen molar-refractivity contribution in [3.05, 3.63) is 16.1 Å². The van der Waals surface area contributed by atoms with E-state index in [9.17, 15) is 0 Å². The average Bonchev–Trinajstić information content (AvgIpc) is 2.88. The zero-order valence-corrected chi connectivity index (χ0v) is 14.6. The van der Waals surface area contributed by atoms with Gasteiger partial charge in [0, 0.05) is 44.4 Å². The molecule has 120 valence electrons. The van der Waals surface area contributed by atoms with Crippen LogP contribution in [0.5, 0.6) is 0 Å². The minimum absolute atomic E-state index is 0.0466. The minimum Gasteiger partial charge on any atom is -0.383 e. The Morgan fingerprint density at radius 2 is 2.14 bits per heavy atom. The summed E-state index contributed by atoms with van der Waals surface area (Å²) >= 11 is 1.80. The fourth-order valence-corrected chi connectivity index (χ4v) is 4.10. The molecule has 1 aromatic heterocycles. The van der Waals surface area contributed by atoms with Crippen molar-refractivity contribution in [1.29, 1.82) is 0 Å². The summed E-state index contributed by atoms with van der Waals surface area (Å²) in [4.78, 5) is 7.35. The topological polar surface area (TPSA) is 37.4 Å². The number of hydrogen-bond donors (Lipinski definition) is 1. The van der Waals surface area contributed by atoms with Crippen molar-refractivity contribution in [1.82, 2.24) is 15.2 Å². The maximum Gasteiger partial charge on any atom is 0.113 e. The molecule has 0 aliphatic carbocycles. The second-order valence-corrected chi connectivity index (χ2v) is 7.35. The highest BCUT2D eigenvalue weighted by Crippen LogP contribution is 2.35. The lowest BCUT2D eigenvalue weighted by Crippen LogP contribution is -2.52. The second kappa shape index (κ2) is 7.68. The summed E-state index contributed by atoms with van der Waals surface area (Å²) in [7, 11) is 1.76. The van der Waals surface area contributed by atoms with Crippen LogP contribution in [0.2, 0.25) is 0 Å². The lowest BCUT2D eigenvalue weighted by atomic mass is 9.87. The number of nitrogens with one attached hydrogen (secondary N) is 1. The van der Waals surface area contributed by atoms with E-state index < -0.39 is 0 Å². The van der Waals surface area contributed by atoms with E-state index in [0.717, 1.165) is 50.7 Å². The molecule has 1 aromatic rings. The van der Waals surface area contributed by atoms with Crippen molar-refractivity contribution < 1.29 is 4.74 Å². The van der Waals surface area contributed by atoms with Gasteiger partial charge in [0.05, 0.1) is 12.1 Å². The first-order valence-corrected chi connectivity index (χ1v) is 8.82. The van der Waals surface area contributed by atoms with Crippen molar-refractivity contribution >= 4 is 11.3 Å². The van der Waals surface area contributed by atoms with Crippen LogP contribution < -0.4 is 5.32 Å². The van der Waals surface area contributed by atoms with Crippen LogP contribution in [-0.2, 0) is 10.3 Å². The molecule has 0 atom stereocenters. The molecule has 0 bridgehead atoms. The standard InChI is InChI=1S/C16H29N3OS/c1-13(2)11-19-8-5-16(6-9-19,17-7-10-20-4)15-18-14(3)12-21-15/h12-13,17H,5-11H2,1-4H3. The molecule has 5 heteroatoms. The highest BCUT2D eigenvalue weighted by Gasteiger charge is 2.38. The van der Waals surface area contributed by atoms with E-state index in [4.69, 9.17) is 9.72 Å². The Balaban J connectivity index is 2.04. The SMILES string of the molecule is COCCNC1(c2nc(C)cs2)CCN(CC(C)C)CC1. The Morgan fingerprint density at radius 3 is 2.67 bits per heavy atom. The maximum atomic E-state index is 5.20. The highest BCUT2D eigenvalue weighted by molar-refractivity contribution is 7.09. The number of thiazole rings is 1. The number of aromatic nitrogens is 1. The van der Waals surface area contributed by atoms with E-state index in [1.54, 1.807) is 18.4 Å². The average molecular weight is 311 g/mol. The van der Waals surface area contributed by atoms with Crippen LogP contribution in [0.1, 0.15) is 37.4 Å². The Labute approximate surface area is 132 Å². The maximum absolute atomic E-state index is 5.20. The molecule has 0 aromatic carbocycles. The summed E-state index contributed by atoms with van der Waals surface area (Å²) in [6.45, 7) is 11.8. The smallest absolute Gasteiger partial charge is 0.113 e. The van der Waals surface area contributed by atoms with Gasteiger partial charge in [0.1, 0.15) is 5.01 Å². The molecule has 1 aliphatic rings. The zero-order chi connectivity index (χ0) is 15.3. The molecule has 1 N–H and O–H groups in total. The van der Waals surface area contributed by atoms with Gasteiger partial charge in [-0.3, -0.25) is 0 Å². The number of ether oxygens (including phenoxy) is 1. The van der Waals surface area contributed by atoms with E-state index >= 15 is 0 Å². The molecule has 0 saturated carbocycles. The molecule has 0 radical (unpaired) electrons. The number of aryl methyl sites for hydroxylation is 1. The first-order valence-electron chi connectivity index (χ1n) is 7.94. The van der Waals surface area contributed by atoms with Crippen molar-refractivity contribution in [3.63, 3.8) is 0 Å². The third-order valence-corrected chi connectivity index (χ3v) is 5.30. The molecule has 0 unspecified atom stereocenters. The number of methoxy groups -OCH3 is 1. The van der Waals surface area contributed by atoms with E-state index in [0.29, 0.717) is 0 Å². The number of piperidine rings is 1. The molecule has 1 saturated heterocycles. The summed E-state index contributed by atoms with van der Waals surface area (Å²) < 4.78 is 5.20. The summed E-state index contributed by atoms with van der Waals surface area (Å²) in [5.41, 5.74) is 1.18. The van der Waals surface area contributed by atoms with Crippen LogP contribution >= 0.6 is 11.3 Å². The van der Waals surface area contributed by atoms with Gasteiger partial charge in [-0.1, -0.05) is 13.8 Å². The monoisotopic (exact) mass is 311 g/mol. The Bertz CT molecular complexity index is 425. The van der Waals surface area contributed by atoms with Gasteiger partial charge in [0.2, 0.25) is 0 Å². The zero-order valence-electron chi connectivity index (χ0n) is 13.8. The summed E-state index contributed by atoms with van der Waals surface area (Å²) in [6.07, 6.45) is 2.27. The van der Waals surface area contributed by atoms with Gasteiger partial charge in [0.25, 0.3) is 0 Å². The first kappa shape index (κ1) is 16.9. The third kappa shape index (κ3) is 4.49. The van der Waals surface area contributed by atoms with Gasteiger partial charge >= 0.3 is 0 Å². The molecule has 21 heavy (non-hydrogen) atoms. The van der Waals surface area contributed by atoms with Crippen LogP contribution in [0.25, 0.3) is 0 Å². The number of hydrogen-bond acceptors (Lipinski definition) is 5. The highest BCUT2D eigenvalue weighted by atomic mass is 32.1. The molecule has 4 nitrogen and oxygen atoms in total. The number of nitrogens with zero attached hydrogens (tertiary/aromatic N) is 2. The van der Waals surface area contributed by atoms with E-state index in [2.05, 4.69) is 36.4 Å². The Hall–Kier alpha value is -0.490. The molecule has 2 heterocycles. The number of rotatable bonds is 7. The van der Waals surface area contributed by atoms with Crippen LogP contribution in [0.3, 0.4) is 0 Å². The predicted molar refractivity (Wildman–Crippen MR) is 88.9 cm³/mol. The lowest BCUT2D eigenvalue weighted by molar-refractivity contribution is 0.112. The Morgan fingerprint density at radius 1 is 1.43 bits per heavy atom. The van der Waals surface area contributed by atoms with Crippen molar-refractivity contribution in [2.24, 2.45) is 5.92 Å². The van der Waals surface area contributed by atoms with E-state index in [1.807, 2.05) is 0 Å². The third-order valence-electron chi connectivity index (χ3n) is 4.13. The van der Waals surface area contributed by atoms with E-state index in [-0.39, 0.29) is 5.54 Å². The summed E-state index contributed by atoms with van der Waals surface area (Å²) in [5.74, 6) is 0.737. The van der Waals surface area contributed by atoms with Crippen molar-refractivity contribution in [3.8, 4) is 0 Å². The molecule has 0 amide bonds. The fourth-order valence-electron chi connectivity index (χ4n) is 3.07.